The van der Waals surface area contributed by atoms with E-state index >= 15 is 0 Å². The molecule has 1 aromatic carbocycles. The molecule has 0 spiro atoms. The molecule has 0 saturated carbocycles. The van der Waals surface area contributed by atoms with E-state index in [0.29, 0.717) is 0 Å². The molecule has 1 N–H and O–H groups in total. The van der Waals surface area contributed by atoms with E-state index in [-0.39, 0.29) is 33.9 Å². The van der Waals surface area contributed by atoms with E-state index < -0.39 is 37.1 Å². The summed E-state index contributed by atoms with van der Waals surface area (Å²) in [6.07, 6.45) is 1.06. The van der Waals surface area contributed by atoms with Gasteiger partial charge in [-0.3, -0.25) is 9.36 Å². The van der Waals surface area contributed by atoms with Crippen LogP contribution in [0.5, 0.6) is 5.88 Å². The predicted octanol–water partition coefficient (Wildman–Crippen LogP) is 1.75. The second kappa shape index (κ2) is 7.81. The van der Waals surface area contributed by atoms with Crippen LogP contribution in [0.15, 0.2) is 44.2 Å². The Morgan fingerprint density at radius 3 is 2.14 bits per heavy atom. The maximum atomic E-state index is 12.5. The Hall–Kier alpha value is -2.57. The number of aromatic hydroxyl groups is 1. The Kier molecular flexibility index (Phi) is 6.06. The second-order valence-corrected chi connectivity index (χ2v) is 9.41. The molecule has 0 saturated heterocycles. The van der Waals surface area contributed by atoms with E-state index in [0.717, 1.165) is 10.8 Å². The first-order valence-electron chi connectivity index (χ1n) is 7.95. The number of azo groups is 1. The molecule has 12 heteroatoms. The van der Waals surface area contributed by atoms with Gasteiger partial charge in [-0.1, -0.05) is 0 Å². The van der Waals surface area contributed by atoms with Gasteiger partial charge in [0.2, 0.25) is 0 Å². The molecule has 10 nitrogen and oxygen atoms in total. The maximum absolute atomic E-state index is 12.5. The largest absolute Gasteiger partial charge is 0.748 e. The molecule has 0 aliphatic carbocycles. The van der Waals surface area contributed by atoms with E-state index in [9.17, 15) is 31.3 Å². The first-order valence-corrected chi connectivity index (χ1v) is 11.4. The monoisotopic (exact) mass is 428 g/mol. The number of rotatable bonds is 6. The molecule has 1 heterocycles. The number of sulfone groups is 1. The molecule has 0 bridgehead atoms. The minimum Gasteiger partial charge on any atom is -0.748 e. The fourth-order valence-corrected chi connectivity index (χ4v) is 3.82. The normalized spacial score (nSPS) is 12.6. The average Bonchev–Trinajstić information content (AvgIpc) is 2.58. The van der Waals surface area contributed by atoms with Gasteiger partial charge in [0.1, 0.15) is 0 Å². The van der Waals surface area contributed by atoms with Crippen molar-refractivity contribution >= 4 is 31.3 Å². The van der Waals surface area contributed by atoms with Crippen molar-refractivity contribution in [3.8, 4) is 5.88 Å². The Morgan fingerprint density at radius 2 is 1.68 bits per heavy atom. The second-order valence-electron chi connectivity index (χ2n) is 5.99. The lowest BCUT2D eigenvalue weighted by molar-refractivity contribution is 0.403. The highest BCUT2D eigenvalue weighted by atomic mass is 32.2. The van der Waals surface area contributed by atoms with Gasteiger partial charge < -0.3 is 9.66 Å². The number of benzene rings is 1. The van der Waals surface area contributed by atoms with Crippen LogP contribution in [-0.2, 0) is 32.3 Å². The number of hydrogen-bond donors (Lipinski definition) is 1. The third-order valence-corrected chi connectivity index (χ3v) is 5.72. The highest BCUT2D eigenvalue weighted by molar-refractivity contribution is 7.90. The summed E-state index contributed by atoms with van der Waals surface area (Å²) >= 11 is 0. The number of nitrogens with zero attached hydrogens (tertiary/aromatic N) is 3. The summed E-state index contributed by atoms with van der Waals surface area (Å²) in [5.41, 5.74) is -0.896. The predicted molar refractivity (Wildman–Crippen MR) is 99.9 cm³/mol. The fraction of sp³-hybridized carbons (Fsp3) is 0.312. The van der Waals surface area contributed by atoms with Crippen LogP contribution >= 0.6 is 0 Å². The van der Waals surface area contributed by atoms with Crippen molar-refractivity contribution in [1.29, 1.82) is 0 Å². The average molecular weight is 428 g/mol. The van der Waals surface area contributed by atoms with E-state index in [4.69, 9.17) is 0 Å². The lowest BCUT2D eigenvalue weighted by Crippen LogP contribution is -2.22. The van der Waals surface area contributed by atoms with E-state index in [1.807, 2.05) is 0 Å². The highest BCUT2D eigenvalue weighted by Crippen LogP contribution is 2.29. The lowest BCUT2D eigenvalue weighted by Gasteiger charge is -2.16. The minimum absolute atomic E-state index is 0.0163. The third-order valence-electron chi connectivity index (χ3n) is 3.95. The van der Waals surface area contributed by atoms with Crippen molar-refractivity contribution in [2.75, 3.05) is 6.26 Å². The van der Waals surface area contributed by atoms with Gasteiger partial charge in [-0.2, -0.15) is 5.11 Å². The number of pyridine rings is 1. The molecular weight excluding hydrogens is 410 g/mol. The van der Waals surface area contributed by atoms with Crippen molar-refractivity contribution in [2.24, 2.45) is 10.2 Å². The Labute approximate surface area is 161 Å². The van der Waals surface area contributed by atoms with Crippen LogP contribution in [-0.4, -0.2) is 37.3 Å². The fourth-order valence-electron chi connectivity index (χ4n) is 2.49. The summed E-state index contributed by atoms with van der Waals surface area (Å²) in [5, 5.41) is 17.9. The van der Waals surface area contributed by atoms with Crippen molar-refractivity contribution in [1.82, 2.24) is 4.57 Å². The Morgan fingerprint density at radius 1 is 1.11 bits per heavy atom. The molecule has 0 atom stereocenters. The summed E-state index contributed by atoms with van der Waals surface area (Å²) in [4.78, 5) is 12.6. The molecule has 0 unspecified atom stereocenters. The third kappa shape index (κ3) is 4.82. The summed E-state index contributed by atoms with van der Waals surface area (Å²) in [6.45, 7) is 2.92. The molecule has 152 valence electrons. The zero-order valence-corrected chi connectivity index (χ0v) is 16.9. The van der Waals surface area contributed by atoms with Crippen LogP contribution in [0.1, 0.15) is 18.1 Å². The van der Waals surface area contributed by atoms with Crippen LogP contribution < -0.4 is 5.56 Å². The number of hydrogen-bond acceptors (Lipinski definition) is 9. The van der Waals surface area contributed by atoms with Crippen LogP contribution in [0.4, 0.5) is 11.4 Å². The van der Waals surface area contributed by atoms with Gasteiger partial charge in [0, 0.05) is 18.4 Å². The van der Waals surface area contributed by atoms with Gasteiger partial charge >= 0.3 is 0 Å². The smallest absolute Gasteiger partial charge is 0.281 e. The maximum Gasteiger partial charge on any atom is 0.281 e. The standard InChI is InChI=1S/C16H19N3O7S2/c1-4-19-15(20)13(9-28(24,25)26)10(2)14(16(19)21)18-17-11-5-7-12(8-6-11)27(3,22)23/h5-8,20H,4,9H2,1-3H3,(H,24,25,26)/p-1. The van der Waals surface area contributed by atoms with Gasteiger partial charge in [-0.05, 0) is 43.7 Å². The molecular formula is C16H18N3O7S2-. The van der Waals surface area contributed by atoms with Crippen LogP contribution in [0.25, 0.3) is 0 Å². The molecule has 0 aliphatic heterocycles. The lowest BCUT2D eigenvalue weighted by atomic mass is 10.1. The number of aromatic nitrogens is 1. The van der Waals surface area contributed by atoms with Crippen LogP contribution in [0.3, 0.4) is 0 Å². The zero-order chi connectivity index (χ0) is 21.3. The topological polar surface area (TPSA) is 158 Å². The van der Waals surface area contributed by atoms with Crippen LogP contribution in [0, 0.1) is 6.92 Å². The molecule has 2 aromatic rings. The first-order chi connectivity index (χ1) is 12.8. The summed E-state index contributed by atoms with van der Waals surface area (Å²) in [6, 6.07) is 5.42. The Balaban J connectivity index is 2.57. The minimum atomic E-state index is -4.72. The highest BCUT2D eigenvalue weighted by Gasteiger charge is 2.20. The first kappa shape index (κ1) is 21.7. The Bertz CT molecular complexity index is 1200. The van der Waals surface area contributed by atoms with E-state index in [2.05, 4.69) is 10.2 Å². The van der Waals surface area contributed by atoms with Gasteiger partial charge in [-0.15, -0.1) is 5.11 Å². The SMILES string of the molecule is CCn1c(O)c(CS(=O)(=O)[O-])c(C)c(N=Nc2ccc(S(C)(=O)=O)cc2)c1=O. The molecule has 0 radical (unpaired) electrons. The van der Waals surface area contributed by atoms with E-state index in [1.54, 1.807) is 6.92 Å². The zero-order valence-electron chi connectivity index (χ0n) is 15.3. The van der Waals surface area contributed by atoms with Crippen LogP contribution in [0.2, 0.25) is 0 Å². The van der Waals surface area contributed by atoms with Gasteiger partial charge in [-0.25, -0.2) is 16.8 Å². The molecule has 0 amide bonds. The summed E-state index contributed by atoms with van der Waals surface area (Å²) in [7, 11) is -8.09. The molecule has 0 fully saturated rings. The van der Waals surface area contributed by atoms with Gasteiger partial charge in [0.15, 0.2) is 21.4 Å². The molecule has 0 aliphatic rings. The van der Waals surface area contributed by atoms with Crippen molar-refractivity contribution in [3.63, 3.8) is 0 Å². The summed E-state index contributed by atoms with van der Waals surface area (Å²) in [5.74, 6) is -1.61. The van der Waals surface area contributed by atoms with Crippen molar-refractivity contribution < 1.29 is 26.5 Å². The van der Waals surface area contributed by atoms with Gasteiger partial charge in [0.25, 0.3) is 5.56 Å². The molecule has 1 aromatic heterocycles. The molecule has 28 heavy (non-hydrogen) atoms. The van der Waals surface area contributed by atoms with Crippen molar-refractivity contribution in [3.05, 3.63) is 45.7 Å². The van der Waals surface area contributed by atoms with Gasteiger partial charge in [0.05, 0.1) is 26.5 Å². The summed E-state index contributed by atoms with van der Waals surface area (Å²) < 4.78 is 57.2. The van der Waals surface area contributed by atoms with E-state index in [1.165, 1.54) is 31.2 Å². The quantitative estimate of drug-likeness (QED) is 0.542. The molecule has 2 rings (SSSR count). The van der Waals surface area contributed by atoms with Crippen molar-refractivity contribution in [2.45, 2.75) is 31.0 Å².